The quantitative estimate of drug-likeness (QED) is 0.128. The van der Waals surface area contributed by atoms with Crippen LogP contribution in [-0.4, -0.2) is 73.3 Å². The lowest BCUT2D eigenvalue weighted by atomic mass is 9.78. The number of hydrogen-bond acceptors (Lipinski definition) is 8. The largest absolute Gasteiger partial charge is 0.491 e. The van der Waals surface area contributed by atoms with Crippen LogP contribution in [0, 0.1) is 0 Å². The number of ether oxygens (including phenoxy) is 4. The molecular weight excluding hydrogens is 584 g/mol. The van der Waals surface area contributed by atoms with Crippen LogP contribution in [0.4, 0.5) is 0 Å². The van der Waals surface area contributed by atoms with E-state index in [-0.39, 0.29) is 63.7 Å². The topological polar surface area (TPSA) is 118 Å². The SMILES string of the molecule is CC(C)(c1cccc(OCCO)c1)c1cccc(OCCO)c1.CC(C)(c1cccc(OCCO)c1)c1cccc(OCCO)c1. The van der Waals surface area contributed by atoms with Gasteiger partial charge in [-0.05, 0) is 70.8 Å². The van der Waals surface area contributed by atoms with E-state index in [1.165, 1.54) is 0 Å². The molecule has 0 aliphatic carbocycles. The van der Waals surface area contributed by atoms with Gasteiger partial charge in [-0.2, -0.15) is 0 Å². The van der Waals surface area contributed by atoms with Crippen LogP contribution in [0.1, 0.15) is 49.9 Å². The average Bonchev–Trinajstić information content (AvgIpc) is 3.08. The number of hydrogen-bond donors (Lipinski definition) is 4. The van der Waals surface area contributed by atoms with Crippen molar-refractivity contribution >= 4 is 0 Å². The maximum atomic E-state index is 8.88. The maximum Gasteiger partial charge on any atom is 0.119 e. The minimum atomic E-state index is -0.225. The molecule has 248 valence electrons. The first-order valence-corrected chi connectivity index (χ1v) is 15.5. The van der Waals surface area contributed by atoms with Gasteiger partial charge in [-0.15, -0.1) is 0 Å². The zero-order valence-electron chi connectivity index (χ0n) is 27.3. The van der Waals surface area contributed by atoms with Gasteiger partial charge in [-0.25, -0.2) is 0 Å². The lowest BCUT2D eigenvalue weighted by Gasteiger charge is -2.27. The lowest BCUT2D eigenvalue weighted by molar-refractivity contribution is 0.201. The zero-order chi connectivity index (χ0) is 33.4. The van der Waals surface area contributed by atoms with E-state index in [1.54, 1.807) is 0 Å². The molecular formula is C38H48O8. The molecule has 0 radical (unpaired) electrons. The van der Waals surface area contributed by atoms with Crippen molar-refractivity contribution < 1.29 is 39.4 Å². The molecule has 0 bridgehead atoms. The molecule has 0 spiro atoms. The van der Waals surface area contributed by atoms with E-state index in [9.17, 15) is 0 Å². The highest BCUT2D eigenvalue weighted by atomic mass is 16.5. The summed E-state index contributed by atoms with van der Waals surface area (Å²) >= 11 is 0. The summed E-state index contributed by atoms with van der Waals surface area (Å²) in [4.78, 5) is 0. The van der Waals surface area contributed by atoms with E-state index in [4.69, 9.17) is 39.4 Å². The van der Waals surface area contributed by atoms with E-state index in [0.29, 0.717) is 0 Å². The number of aliphatic hydroxyl groups excluding tert-OH is 4. The monoisotopic (exact) mass is 632 g/mol. The molecule has 0 aliphatic heterocycles. The van der Waals surface area contributed by atoms with Crippen molar-refractivity contribution in [3.63, 3.8) is 0 Å². The molecule has 46 heavy (non-hydrogen) atoms. The molecule has 0 atom stereocenters. The molecule has 4 rings (SSSR count). The predicted molar refractivity (Wildman–Crippen MR) is 180 cm³/mol. The first kappa shape index (κ1) is 36.4. The van der Waals surface area contributed by atoms with Crippen molar-refractivity contribution in [1.82, 2.24) is 0 Å². The minimum absolute atomic E-state index is 0.00212. The van der Waals surface area contributed by atoms with Crippen molar-refractivity contribution in [3.8, 4) is 23.0 Å². The fourth-order valence-corrected chi connectivity index (χ4v) is 4.89. The Balaban J connectivity index is 0.000000250. The molecule has 0 aliphatic rings. The van der Waals surface area contributed by atoms with E-state index in [1.807, 2.05) is 72.8 Å². The molecule has 4 aromatic rings. The molecule has 0 unspecified atom stereocenters. The molecule has 8 nitrogen and oxygen atoms in total. The standard InChI is InChI=1S/2C19H24O4/c2*1-19(2,15-5-3-7-17(13-15)22-11-9-20)16-6-4-8-18(14-16)23-12-10-21/h2*3-8,13-14,20-21H,9-12H2,1-2H3. The molecule has 0 saturated heterocycles. The van der Waals surface area contributed by atoms with Crippen LogP contribution >= 0.6 is 0 Å². The van der Waals surface area contributed by atoms with Crippen molar-refractivity contribution in [1.29, 1.82) is 0 Å². The van der Waals surface area contributed by atoms with Gasteiger partial charge in [0.25, 0.3) is 0 Å². The van der Waals surface area contributed by atoms with Crippen LogP contribution in [-0.2, 0) is 10.8 Å². The molecule has 0 heterocycles. The first-order chi connectivity index (χ1) is 22.1. The third-order valence-electron chi connectivity index (χ3n) is 7.66. The Bertz CT molecular complexity index is 1250. The van der Waals surface area contributed by atoms with E-state index >= 15 is 0 Å². The summed E-state index contributed by atoms with van der Waals surface area (Å²) in [5, 5.41) is 35.5. The number of benzene rings is 4. The van der Waals surface area contributed by atoms with Crippen molar-refractivity contribution in [2.45, 2.75) is 38.5 Å². The van der Waals surface area contributed by atoms with Gasteiger partial charge in [0.15, 0.2) is 0 Å². The molecule has 0 amide bonds. The van der Waals surface area contributed by atoms with E-state index < -0.39 is 0 Å². The Kier molecular flexibility index (Phi) is 14.4. The molecule has 0 saturated carbocycles. The summed E-state index contributed by atoms with van der Waals surface area (Å²) in [5.41, 5.74) is 4.02. The van der Waals surface area contributed by atoms with Crippen LogP contribution in [0.25, 0.3) is 0 Å². The first-order valence-electron chi connectivity index (χ1n) is 15.5. The third-order valence-corrected chi connectivity index (χ3v) is 7.66. The summed E-state index contributed by atoms with van der Waals surface area (Å²) < 4.78 is 22.0. The second-order valence-corrected chi connectivity index (χ2v) is 11.6. The molecule has 4 aromatic carbocycles. The predicted octanol–water partition coefficient (Wildman–Crippen LogP) is 5.51. The Morgan fingerprint density at radius 1 is 0.391 bits per heavy atom. The van der Waals surface area contributed by atoms with Crippen molar-refractivity contribution in [3.05, 3.63) is 119 Å². The van der Waals surface area contributed by atoms with Crippen LogP contribution in [0.5, 0.6) is 23.0 Å². The van der Waals surface area contributed by atoms with Gasteiger partial charge in [0, 0.05) is 10.8 Å². The number of rotatable bonds is 16. The smallest absolute Gasteiger partial charge is 0.119 e. The van der Waals surface area contributed by atoms with Crippen LogP contribution in [0.15, 0.2) is 97.1 Å². The van der Waals surface area contributed by atoms with Gasteiger partial charge in [0.05, 0.1) is 26.4 Å². The maximum absolute atomic E-state index is 8.88. The Hall–Kier alpha value is -4.08. The Labute approximate surface area is 272 Å². The van der Waals surface area contributed by atoms with Crippen LogP contribution < -0.4 is 18.9 Å². The van der Waals surface area contributed by atoms with Crippen LogP contribution in [0.3, 0.4) is 0 Å². The van der Waals surface area contributed by atoms with Gasteiger partial charge in [0.2, 0.25) is 0 Å². The Morgan fingerprint density at radius 2 is 0.609 bits per heavy atom. The normalized spacial score (nSPS) is 11.3. The van der Waals surface area contributed by atoms with E-state index in [2.05, 4.69) is 52.0 Å². The summed E-state index contributed by atoms with van der Waals surface area (Å²) in [6.07, 6.45) is 0. The fraction of sp³-hybridized carbons (Fsp3) is 0.368. The van der Waals surface area contributed by atoms with Gasteiger partial charge < -0.3 is 39.4 Å². The molecule has 0 aromatic heterocycles. The highest BCUT2D eigenvalue weighted by Crippen LogP contribution is 2.36. The second kappa shape index (κ2) is 18.2. The van der Waals surface area contributed by atoms with E-state index in [0.717, 1.165) is 45.3 Å². The summed E-state index contributed by atoms with van der Waals surface area (Å²) in [5.74, 6) is 2.99. The second-order valence-electron chi connectivity index (χ2n) is 11.6. The van der Waals surface area contributed by atoms with Crippen LogP contribution in [0.2, 0.25) is 0 Å². The van der Waals surface area contributed by atoms with Gasteiger partial charge in [-0.3, -0.25) is 0 Å². The van der Waals surface area contributed by atoms with Gasteiger partial charge in [0.1, 0.15) is 49.4 Å². The molecule has 8 heteroatoms. The lowest BCUT2D eigenvalue weighted by Crippen LogP contribution is -2.19. The fourth-order valence-electron chi connectivity index (χ4n) is 4.89. The van der Waals surface area contributed by atoms with Crippen molar-refractivity contribution in [2.24, 2.45) is 0 Å². The highest BCUT2D eigenvalue weighted by Gasteiger charge is 2.25. The summed E-state index contributed by atoms with van der Waals surface area (Å²) in [6.45, 7) is 9.70. The highest BCUT2D eigenvalue weighted by molar-refractivity contribution is 5.45. The average molecular weight is 633 g/mol. The summed E-state index contributed by atoms with van der Waals surface area (Å²) in [7, 11) is 0. The third kappa shape index (κ3) is 10.5. The van der Waals surface area contributed by atoms with Gasteiger partial charge in [-0.1, -0.05) is 76.2 Å². The van der Waals surface area contributed by atoms with Crippen molar-refractivity contribution in [2.75, 3.05) is 52.9 Å². The number of aliphatic hydroxyl groups is 4. The zero-order valence-corrected chi connectivity index (χ0v) is 27.3. The summed E-state index contributed by atoms with van der Waals surface area (Å²) in [6, 6.07) is 31.6. The molecule has 0 fully saturated rings. The Morgan fingerprint density at radius 3 is 0.804 bits per heavy atom. The van der Waals surface area contributed by atoms with Gasteiger partial charge >= 0.3 is 0 Å². The molecule has 4 N–H and O–H groups in total. The minimum Gasteiger partial charge on any atom is -0.491 e.